The molecular formula is C21H33F2NO2S. The molecule has 1 spiro atoms. The summed E-state index contributed by atoms with van der Waals surface area (Å²) < 4.78 is 13.8. The first-order valence-corrected chi connectivity index (χ1v) is 10.7. The number of aryl methyl sites for hydroxylation is 1. The maximum Gasteiger partial charge on any atom is 0.224 e. The first-order chi connectivity index (χ1) is 12.2. The molecule has 2 fully saturated rings. The number of anilines is 1. The molecule has 27 heavy (non-hydrogen) atoms. The van der Waals surface area contributed by atoms with Gasteiger partial charge in [-0.15, -0.1) is 11.3 Å². The summed E-state index contributed by atoms with van der Waals surface area (Å²) in [5, 5.41) is 4.75. The van der Waals surface area contributed by atoms with Gasteiger partial charge in [-0.2, -0.15) is 0 Å². The molecule has 0 unspecified atom stereocenters. The molecule has 1 aromatic rings. The average molecular weight is 402 g/mol. The number of halogens is 2. The number of rotatable bonds is 4. The number of thiophene rings is 1. The van der Waals surface area contributed by atoms with Crippen molar-refractivity contribution in [2.24, 2.45) is 11.3 Å². The van der Waals surface area contributed by atoms with Gasteiger partial charge in [-0.1, -0.05) is 13.8 Å². The Hall–Kier alpha value is -1.30. The van der Waals surface area contributed by atoms with Crippen molar-refractivity contribution in [3.05, 3.63) is 15.8 Å². The Kier molecular flexibility index (Phi) is 8.14. The van der Waals surface area contributed by atoms with Gasteiger partial charge >= 0.3 is 0 Å². The number of carbonyl (C=O) groups excluding carboxylic acids is 2. The summed E-state index contributed by atoms with van der Waals surface area (Å²) in [6.07, 6.45) is 5.97. The van der Waals surface area contributed by atoms with Gasteiger partial charge in [0.1, 0.15) is 5.67 Å². The maximum atomic E-state index is 13.8. The van der Waals surface area contributed by atoms with Crippen LogP contribution in [0, 0.1) is 18.3 Å². The lowest BCUT2D eigenvalue weighted by molar-refractivity contribution is -0.119. The zero-order valence-corrected chi connectivity index (χ0v) is 17.9. The third-order valence-corrected chi connectivity index (χ3v) is 6.66. The highest BCUT2D eigenvalue weighted by molar-refractivity contribution is 7.10. The number of alkyl halides is 1. The van der Waals surface area contributed by atoms with Crippen LogP contribution in [-0.2, 0) is 4.79 Å². The normalized spacial score (nSPS) is 29.0. The van der Waals surface area contributed by atoms with Crippen LogP contribution < -0.4 is 5.32 Å². The van der Waals surface area contributed by atoms with E-state index in [0.29, 0.717) is 36.4 Å². The van der Waals surface area contributed by atoms with E-state index in [1.54, 1.807) is 6.92 Å². The molecule has 2 saturated carbocycles. The van der Waals surface area contributed by atoms with Gasteiger partial charge in [0.15, 0.2) is 5.78 Å². The summed E-state index contributed by atoms with van der Waals surface area (Å²) >= 11 is 1.49. The Labute approximate surface area is 165 Å². The van der Waals surface area contributed by atoms with Crippen molar-refractivity contribution in [2.75, 3.05) is 5.32 Å². The highest BCUT2D eigenvalue weighted by atomic mass is 32.1. The zero-order chi connectivity index (χ0) is 19.5. The van der Waals surface area contributed by atoms with Crippen molar-refractivity contribution in [2.45, 2.75) is 85.2 Å². The van der Waals surface area contributed by atoms with Crippen molar-refractivity contribution in [3.63, 3.8) is 0 Å². The summed E-state index contributed by atoms with van der Waals surface area (Å²) in [7, 11) is 0. The smallest absolute Gasteiger partial charge is 0.224 e. The molecule has 1 aromatic heterocycles. The lowest BCUT2D eigenvalue weighted by Crippen LogP contribution is -2.48. The second-order valence-electron chi connectivity index (χ2n) is 8.10. The molecule has 1 amide bonds. The van der Waals surface area contributed by atoms with E-state index in [-0.39, 0.29) is 21.8 Å². The highest BCUT2D eigenvalue weighted by Crippen LogP contribution is 2.59. The predicted octanol–water partition coefficient (Wildman–Crippen LogP) is 6.47. The summed E-state index contributed by atoms with van der Waals surface area (Å²) in [6, 6.07) is 0. The molecule has 2 aliphatic rings. The largest absolute Gasteiger partial charge is 0.324 e. The van der Waals surface area contributed by atoms with E-state index in [0.717, 1.165) is 30.6 Å². The predicted molar refractivity (Wildman–Crippen MR) is 109 cm³/mol. The summed E-state index contributed by atoms with van der Waals surface area (Å²) in [6.45, 7) is 9.14. The molecule has 0 aliphatic heterocycles. The highest BCUT2D eigenvalue weighted by Gasteiger charge is 2.53. The molecule has 3 rings (SSSR count). The Morgan fingerprint density at radius 3 is 2.30 bits per heavy atom. The van der Waals surface area contributed by atoms with E-state index in [2.05, 4.69) is 5.32 Å². The van der Waals surface area contributed by atoms with Crippen LogP contribution in [0.4, 0.5) is 14.8 Å². The van der Waals surface area contributed by atoms with Crippen molar-refractivity contribution >= 4 is 28.7 Å². The summed E-state index contributed by atoms with van der Waals surface area (Å²) in [4.78, 5) is 25.0. The van der Waals surface area contributed by atoms with Crippen molar-refractivity contribution in [1.29, 1.82) is 0 Å². The monoisotopic (exact) mass is 401 g/mol. The van der Waals surface area contributed by atoms with E-state index in [1.165, 1.54) is 18.3 Å². The zero-order valence-electron chi connectivity index (χ0n) is 17.1. The van der Waals surface area contributed by atoms with E-state index in [1.807, 2.05) is 26.2 Å². The van der Waals surface area contributed by atoms with Gasteiger partial charge in [0.2, 0.25) is 5.91 Å². The number of hydrogen-bond donors (Lipinski definition) is 1. The lowest BCUT2D eigenvalue weighted by atomic mass is 9.53. The Morgan fingerprint density at radius 1 is 1.26 bits per heavy atom. The number of Topliss-reactive ketones (excluding diaryl/α,β-unsaturated/α-hetero) is 1. The van der Waals surface area contributed by atoms with Crippen LogP contribution in [0.15, 0.2) is 5.38 Å². The van der Waals surface area contributed by atoms with Crippen molar-refractivity contribution in [3.8, 4) is 0 Å². The van der Waals surface area contributed by atoms with Crippen LogP contribution in [-0.4, -0.2) is 17.4 Å². The molecule has 1 N–H and O–H groups in total. The van der Waals surface area contributed by atoms with Crippen LogP contribution >= 0.6 is 11.3 Å². The minimum absolute atomic E-state index is 0. The van der Waals surface area contributed by atoms with Crippen LogP contribution in [0.5, 0.6) is 0 Å². The molecule has 0 saturated heterocycles. The standard InChI is InChI=1S/C19H26FNO2S.C2H6.FH/c1-12(22)15-9-24-13(2)17(15)21-16(23)8-14-4-6-19(7-5-14)10-18(3,20)11-19;1-2;/h9,14H,4-8,10-11H2,1-3H3,(H,21,23);1-2H3;1H. The van der Waals surface area contributed by atoms with Crippen LogP contribution in [0.2, 0.25) is 0 Å². The molecule has 1 heterocycles. The minimum atomic E-state index is -0.968. The number of amides is 1. The van der Waals surface area contributed by atoms with Crippen LogP contribution in [0.25, 0.3) is 0 Å². The molecule has 6 heteroatoms. The molecule has 3 nitrogen and oxygen atoms in total. The van der Waals surface area contributed by atoms with E-state index >= 15 is 0 Å². The molecule has 0 atom stereocenters. The number of nitrogens with one attached hydrogen (secondary N) is 1. The van der Waals surface area contributed by atoms with Crippen molar-refractivity contribution < 1.29 is 18.7 Å². The SMILES string of the molecule is CC.CC(=O)c1csc(C)c1NC(=O)CC1CCC2(CC1)CC(C)(F)C2.F. The van der Waals surface area contributed by atoms with Gasteiger partial charge in [0.25, 0.3) is 0 Å². The van der Waals surface area contributed by atoms with Gasteiger partial charge in [0, 0.05) is 16.7 Å². The van der Waals surface area contributed by atoms with Crippen molar-refractivity contribution in [1.82, 2.24) is 0 Å². The topological polar surface area (TPSA) is 46.2 Å². The second-order valence-corrected chi connectivity index (χ2v) is 9.18. The fourth-order valence-corrected chi connectivity index (χ4v) is 5.54. The number of hydrogen-bond acceptors (Lipinski definition) is 3. The number of ketones is 1. The van der Waals surface area contributed by atoms with Gasteiger partial charge in [0.05, 0.1) is 11.3 Å². The van der Waals surface area contributed by atoms with Gasteiger partial charge < -0.3 is 5.32 Å². The second kappa shape index (κ2) is 9.26. The van der Waals surface area contributed by atoms with Gasteiger partial charge in [-0.05, 0) is 70.6 Å². The Balaban J connectivity index is 0.00000118. The quantitative estimate of drug-likeness (QED) is 0.588. The molecule has 0 aromatic carbocycles. The first kappa shape index (κ1) is 23.7. The van der Waals surface area contributed by atoms with E-state index in [9.17, 15) is 14.0 Å². The Morgan fingerprint density at radius 2 is 1.81 bits per heavy atom. The molecule has 154 valence electrons. The molecule has 2 aliphatic carbocycles. The third kappa shape index (κ3) is 5.59. The summed E-state index contributed by atoms with van der Waals surface area (Å²) in [5.41, 5.74) is 0.522. The minimum Gasteiger partial charge on any atom is -0.324 e. The van der Waals surface area contributed by atoms with E-state index in [4.69, 9.17) is 0 Å². The third-order valence-electron chi connectivity index (χ3n) is 5.75. The first-order valence-electron chi connectivity index (χ1n) is 9.78. The average Bonchev–Trinajstić information content (AvgIpc) is 2.91. The number of carbonyl (C=O) groups is 2. The summed E-state index contributed by atoms with van der Waals surface area (Å²) in [5.74, 6) is 0.346. The van der Waals surface area contributed by atoms with Gasteiger partial charge in [-0.3, -0.25) is 14.3 Å². The van der Waals surface area contributed by atoms with Crippen LogP contribution in [0.3, 0.4) is 0 Å². The van der Waals surface area contributed by atoms with E-state index < -0.39 is 5.67 Å². The van der Waals surface area contributed by atoms with Gasteiger partial charge in [-0.25, -0.2) is 4.39 Å². The maximum absolute atomic E-state index is 13.8. The molecule has 0 radical (unpaired) electrons. The molecular weight excluding hydrogens is 368 g/mol. The molecule has 0 bridgehead atoms. The fraction of sp³-hybridized carbons (Fsp3) is 0.714. The Bertz CT molecular complexity index is 651. The fourth-order valence-electron chi connectivity index (χ4n) is 4.68. The lowest BCUT2D eigenvalue weighted by Gasteiger charge is -2.53. The van der Waals surface area contributed by atoms with Crippen LogP contribution in [0.1, 0.15) is 87.9 Å².